The Hall–Kier alpha value is -1.90. The summed E-state index contributed by atoms with van der Waals surface area (Å²) in [6.45, 7) is 4.61. The third-order valence-electron chi connectivity index (χ3n) is 6.15. The minimum atomic E-state index is -0.637. The van der Waals surface area contributed by atoms with Gasteiger partial charge in [0.2, 0.25) is 0 Å². The molecule has 2 aromatic rings. The van der Waals surface area contributed by atoms with Crippen molar-refractivity contribution in [2.45, 2.75) is 58.3 Å². The second kappa shape index (κ2) is 9.54. The number of thiocarbonyl (C=S) groups is 1. The van der Waals surface area contributed by atoms with Crippen molar-refractivity contribution in [2.75, 3.05) is 0 Å². The number of hydrogen-bond donors (Lipinski definition) is 0. The van der Waals surface area contributed by atoms with E-state index >= 15 is 0 Å². The zero-order valence-corrected chi connectivity index (χ0v) is 17.4. The molecule has 1 aliphatic rings. The summed E-state index contributed by atoms with van der Waals surface area (Å²) in [7, 11) is 0. The monoisotopic (exact) mass is 399 g/mol. The third kappa shape index (κ3) is 4.92. The Labute approximate surface area is 171 Å². The lowest BCUT2D eigenvalue weighted by molar-refractivity contribution is 0.273. The van der Waals surface area contributed by atoms with Crippen LogP contribution in [-0.4, -0.2) is 5.16 Å². The standard InChI is InChI=1S/C24H27F2NS/c1-3-16(2)12-17-4-6-18(7-5-17)19-8-10-20(11-9-19)24-22(25)13-21(27-15-28)14-23(24)26/h8-11,13-14,16-18H,3-7,12H2,1-2H3. The van der Waals surface area contributed by atoms with Crippen LogP contribution in [0.3, 0.4) is 0 Å². The molecule has 2 aromatic carbocycles. The number of rotatable bonds is 6. The summed E-state index contributed by atoms with van der Waals surface area (Å²) in [4.78, 5) is 3.65. The number of benzene rings is 2. The molecule has 0 saturated heterocycles. The maximum absolute atomic E-state index is 14.4. The molecule has 1 nitrogen and oxygen atoms in total. The van der Waals surface area contributed by atoms with Crippen LogP contribution in [0.2, 0.25) is 0 Å². The third-order valence-corrected chi connectivity index (χ3v) is 6.24. The molecule has 0 aromatic heterocycles. The van der Waals surface area contributed by atoms with Gasteiger partial charge in [-0.15, -0.1) is 0 Å². The number of isothiocyanates is 1. The van der Waals surface area contributed by atoms with E-state index in [2.05, 4.69) is 36.2 Å². The molecule has 1 unspecified atom stereocenters. The van der Waals surface area contributed by atoms with E-state index in [9.17, 15) is 8.78 Å². The molecule has 4 heteroatoms. The quantitative estimate of drug-likeness (QED) is 0.353. The second-order valence-corrected chi connectivity index (χ2v) is 8.26. The molecule has 1 aliphatic carbocycles. The van der Waals surface area contributed by atoms with Gasteiger partial charge in [0.1, 0.15) is 11.6 Å². The van der Waals surface area contributed by atoms with E-state index in [1.165, 1.54) is 56.2 Å². The van der Waals surface area contributed by atoms with Gasteiger partial charge >= 0.3 is 0 Å². The molecule has 1 fully saturated rings. The van der Waals surface area contributed by atoms with E-state index < -0.39 is 11.6 Å². The van der Waals surface area contributed by atoms with E-state index in [0.717, 1.165) is 11.8 Å². The van der Waals surface area contributed by atoms with Crippen molar-refractivity contribution in [3.05, 3.63) is 53.6 Å². The molecule has 3 rings (SSSR count). The lowest BCUT2D eigenvalue weighted by atomic mass is 9.75. The van der Waals surface area contributed by atoms with Gasteiger partial charge in [0.15, 0.2) is 0 Å². The second-order valence-electron chi connectivity index (χ2n) is 8.08. The largest absolute Gasteiger partial charge is 0.206 e. The Balaban J connectivity index is 1.70. The summed E-state index contributed by atoms with van der Waals surface area (Å²) >= 11 is 4.50. The Kier molecular flexibility index (Phi) is 7.09. The zero-order valence-electron chi connectivity index (χ0n) is 16.6. The SMILES string of the molecule is CCC(C)CC1CCC(c2ccc(-c3c(F)cc(N=C=S)cc3F)cc2)CC1. The normalized spacial score (nSPS) is 20.4. The molecule has 0 aliphatic heterocycles. The summed E-state index contributed by atoms with van der Waals surface area (Å²) < 4.78 is 28.8. The maximum atomic E-state index is 14.4. The van der Waals surface area contributed by atoms with Crippen LogP contribution in [0.25, 0.3) is 11.1 Å². The van der Waals surface area contributed by atoms with Crippen LogP contribution in [0.4, 0.5) is 14.5 Å². The highest BCUT2D eigenvalue weighted by molar-refractivity contribution is 7.78. The first-order valence-corrected chi connectivity index (χ1v) is 10.6. The van der Waals surface area contributed by atoms with Gasteiger partial charge in [0.25, 0.3) is 0 Å². The van der Waals surface area contributed by atoms with Crippen LogP contribution in [0.5, 0.6) is 0 Å². The molecule has 0 bridgehead atoms. The first-order chi connectivity index (χ1) is 13.5. The molecule has 0 N–H and O–H groups in total. The number of nitrogens with zero attached hydrogens (tertiary/aromatic N) is 1. The van der Waals surface area contributed by atoms with Crippen LogP contribution in [0.15, 0.2) is 41.4 Å². The smallest absolute Gasteiger partial charge is 0.136 e. The van der Waals surface area contributed by atoms with Crippen LogP contribution in [-0.2, 0) is 0 Å². The fourth-order valence-electron chi connectivity index (χ4n) is 4.34. The minimum Gasteiger partial charge on any atom is -0.206 e. The van der Waals surface area contributed by atoms with Gasteiger partial charge in [-0.1, -0.05) is 44.5 Å². The number of aliphatic imine (C=N–C) groups is 1. The molecule has 0 radical (unpaired) electrons. The first kappa shape index (κ1) is 20.8. The molecule has 0 spiro atoms. The first-order valence-electron chi connectivity index (χ1n) is 10.2. The van der Waals surface area contributed by atoms with E-state index in [1.807, 2.05) is 24.3 Å². The summed E-state index contributed by atoms with van der Waals surface area (Å²) in [5.74, 6) is 0.940. The predicted octanol–water partition coefficient (Wildman–Crippen LogP) is 8.08. The van der Waals surface area contributed by atoms with Crippen LogP contribution < -0.4 is 0 Å². The molecule has 0 amide bonds. The minimum absolute atomic E-state index is 0.0212. The van der Waals surface area contributed by atoms with Crippen molar-refractivity contribution in [2.24, 2.45) is 16.8 Å². The average molecular weight is 400 g/mol. The fourth-order valence-corrected chi connectivity index (χ4v) is 4.45. The van der Waals surface area contributed by atoms with Gasteiger partial charge in [-0.2, -0.15) is 4.99 Å². The molecule has 1 atom stereocenters. The van der Waals surface area contributed by atoms with Crippen molar-refractivity contribution in [1.29, 1.82) is 0 Å². The molecular weight excluding hydrogens is 372 g/mol. The Morgan fingerprint density at radius 2 is 1.68 bits per heavy atom. The zero-order chi connectivity index (χ0) is 20.1. The maximum Gasteiger partial charge on any atom is 0.136 e. The molecule has 148 valence electrons. The van der Waals surface area contributed by atoms with E-state index in [0.29, 0.717) is 11.5 Å². The van der Waals surface area contributed by atoms with Crippen molar-refractivity contribution in [3.63, 3.8) is 0 Å². The van der Waals surface area contributed by atoms with Crippen LogP contribution >= 0.6 is 12.2 Å². The van der Waals surface area contributed by atoms with Crippen molar-refractivity contribution in [1.82, 2.24) is 0 Å². The van der Waals surface area contributed by atoms with Gasteiger partial charge in [-0.25, -0.2) is 8.78 Å². The topological polar surface area (TPSA) is 12.4 Å². The van der Waals surface area contributed by atoms with Crippen LogP contribution in [0.1, 0.15) is 63.9 Å². The van der Waals surface area contributed by atoms with E-state index in [1.54, 1.807) is 0 Å². The highest BCUT2D eigenvalue weighted by Crippen LogP contribution is 2.39. The summed E-state index contributed by atoms with van der Waals surface area (Å²) in [6, 6.07) is 10.1. The van der Waals surface area contributed by atoms with E-state index in [4.69, 9.17) is 0 Å². The van der Waals surface area contributed by atoms with Crippen molar-refractivity contribution in [3.8, 4) is 11.1 Å². The van der Waals surface area contributed by atoms with Crippen molar-refractivity contribution >= 4 is 23.1 Å². The molecule has 1 saturated carbocycles. The fraction of sp³-hybridized carbons (Fsp3) is 0.458. The van der Waals surface area contributed by atoms with Gasteiger partial charge < -0.3 is 0 Å². The number of hydrogen-bond acceptors (Lipinski definition) is 2. The molecular formula is C24H27F2NS. The lowest BCUT2D eigenvalue weighted by Crippen LogP contribution is -2.15. The molecule has 0 heterocycles. The van der Waals surface area contributed by atoms with Crippen molar-refractivity contribution < 1.29 is 8.78 Å². The van der Waals surface area contributed by atoms with Gasteiger partial charge in [0.05, 0.1) is 16.4 Å². The highest BCUT2D eigenvalue weighted by atomic mass is 32.1. The van der Waals surface area contributed by atoms with Gasteiger partial charge in [-0.3, -0.25) is 0 Å². The summed E-state index contributed by atoms with van der Waals surface area (Å²) in [5.41, 5.74) is 1.93. The summed E-state index contributed by atoms with van der Waals surface area (Å²) in [5, 5.41) is 2.13. The number of halogens is 2. The average Bonchev–Trinajstić information content (AvgIpc) is 2.69. The Bertz CT molecular complexity index is 824. The molecule has 28 heavy (non-hydrogen) atoms. The van der Waals surface area contributed by atoms with E-state index in [-0.39, 0.29) is 11.3 Å². The van der Waals surface area contributed by atoms with Gasteiger partial charge in [0, 0.05) is 12.1 Å². The van der Waals surface area contributed by atoms with Gasteiger partial charge in [-0.05, 0) is 73.2 Å². The predicted molar refractivity (Wildman–Crippen MR) is 115 cm³/mol. The van der Waals surface area contributed by atoms with Crippen LogP contribution in [0, 0.1) is 23.5 Å². The summed E-state index contributed by atoms with van der Waals surface area (Å²) in [6.07, 6.45) is 7.56. The Morgan fingerprint density at radius 1 is 1.07 bits per heavy atom. The lowest BCUT2D eigenvalue weighted by Gasteiger charge is -2.30. The Morgan fingerprint density at radius 3 is 2.21 bits per heavy atom. The highest BCUT2D eigenvalue weighted by Gasteiger charge is 2.23.